The van der Waals surface area contributed by atoms with Crippen LogP contribution in [0.15, 0.2) is 48.5 Å². The summed E-state index contributed by atoms with van der Waals surface area (Å²) in [7, 11) is 0. The fourth-order valence-electron chi connectivity index (χ4n) is 5.70. The molecule has 0 amide bonds. The number of benzene rings is 3. The van der Waals surface area contributed by atoms with Crippen LogP contribution in [-0.4, -0.2) is 19.3 Å². The lowest BCUT2D eigenvalue weighted by Gasteiger charge is -2.29. The molecule has 0 aliphatic carbocycles. The Bertz CT molecular complexity index is 1250. The van der Waals surface area contributed by atoms with Gasteiger partial charge in [0.25, 0.3) is 0 Å². The lowest BCUT2D eigenvalue weighted by atomic mass is 9.91. The summed E-state index contributed by atoms with van der Waals surface area (Å²) in [6.45, 7) is 4.91. The van der Waals surface area contributed by atoms with Crippen molar-refractivity contribution in [3.63, 3.8) is 0 Å². The lowest BCUT2D eigenvalue weighted by Crippen LogP contribution is -2.26. The summed E-state index contributed by atoms with van der Waals surface area (Å²) in [5.41, 5.74) is 1.41. The molecule has 0 N–H and O–H groups in total. The highest BCUT2D eigenvalue weighted by Gasteiger charge is 2.23. The molecule has 0 radical (unpaired) electrons. The zero-order valence-electron chi connectivity index (χ0n) is 24.3. The SMILES string of the molecule is CCCCCCCCC1CCC(CCc2ccc(-c3ccc(-c4ccc(OCC)c(F)c4F)cc3)c(F)c2F)OC1. The molecular weight excluding hydrogens is 528 g/mol. The van der Waals surface area contributed by atoms with Gasteiger partial charge in [-0.05, 0) is 73.8 Å². The number of hydrogen-bond donors (Lipinski definition) is 0. The van der Waals surface area contributed by atoms with E-state index >= 15 is 8.78 Å². The van der Waals surface area contributed by atoms with Gasteiger partial charge >= 0.3 is 0 Å². The molecule has 3 aromatic carbocycles. The monoisotopic (exact) mass is 570 g/mol. The Kier molecular flexibility index (Phi) is 11.7. The minimum absolute atomic E-state index is 0.0677. The smallest absolute Gasteiger partial charge is 0.201 e. The van der Waals surface area contributed by atoms with Crippen LogP contribution in [0.5, 0.6) is 5.75 Å². The Hall–Kier alpha value is -2.86. The molecule has 41 heavy (non-hydrogen) atoms. The molecule has 222 valence electrons. The zero-order valence-corrected chi connectivity index (χ0v) is 24.3. The van der Waals surface area contributed by atoms with Gasteiger partial charge in [-0.25, -0.2) is 13.2 Å². The van der Waals surface area contributed by atoms with Gasteiger partial charge in [-0.1, -0.05) is 81.8 Å². The summed E-state index contributed by atoms with van der Waals surface area (Å²) in [6, 6.07) is 12.3. The molecule has 0 saturated carbocycles. The Balaban J connectivity index is 1.31. The Morgan fingerprint density at radius 1 is 0.683 bits per heavy atom. The van der Waals surface area contributed by atoms with Crippen molar-refractivity contribution in [2.75, 3.05) is 13.2 Å². The van der Waals surface area contributed by atoms with Crippen molar-refractivity contribution in [2.45, 2.75) is 90.6 Å². The summed E-state index contributed by atoms with van der Waals surface area (Å²) < 4.78 is 70.2. The van der Waals surface area contributed by atoms with Gasteiger partial charge in [-0.3, -0.25) is 0 Å². The first kappa shape index (κ1) is 31.1. The molecule has 2 unspecified atom stereocenters. The van der Waals surface area contributed by atoms with Crippen molar-refractivity contribution in [3.8, 4) is 28.0 Å². The predicted octanol–water partition coefficient (Wildman–Crippen LogP) is 10.5. The average molecular weight is 571 g/mol. The Labute approximate surface area is 242 Å². The largest absolute Gasteiger partial charge is 0.491 e. The van der Waals surface area contributed by atoms with Crippen LogP contribution in [0.1, 0.15) is 83.6 Å². The molecule has 2 atom stereocenters. The standard InChI is InChI=1S/C35H42F4O2/c1-3-5-6-7-8-9-10-24-11-18-28(41-23-24)19-16-27-17-20-29(33(37)32(27)36)25-12-14-26(15-13-25)30-21-22-31(40-4-2)35(39)34(30)38/h12-15,17,20-22,24,28H,3-11,16,18-19,23H2,1-2H3. The second kappa shape index (κ2) is 15.4. The van der Waals surface area contributed by atoms with Gasteiger partial charge in [0.05, 0.1) is 12.7 Å². The first-order valence-corrected chi connectivity index (χ1v) is 15.2. The summed E-state index contributed by atoms with van der Waals surface area (Å²) in [4.78, 5) is 0. The quantitative estimate of drug-likeness (QED) is 0.142. The van der Waals surface area contributed by atoms with Crippen LogP contribution in [0.2, 0.25) is 0 Å². The van der Waals surface area contributed by atoms with Crippen LogP contribution < -0.4 is 4.74 Å². The molecule has 1 aliphatic rings. The third kappa shape index (κ3) is 8.12. The van der Waals surface area contributed by atoms with E-state index in [0.29, 0.717) is 35.4 Å². The lowest BCUT2D eigenvalue weighted by molar-refractivity contribution is -0.0220. The van der Waals surface area contributed by atoms with Crippen molar-refractivity contribution in [1.82, 2.24) is 0 Å². The third-order valence-electron chi connectivity index (χ3n) is 8.18. The maximum absolute atomic E-state index is 15.1. The van der Waals surface area contributed by atoms with Crippen LogP contribution in [0.25, 0.3) is 22.3 Å². The van der Waals surface area contributed by atoms with E-state index in [9.17, 15) is 8.78 Å². The zero-order chi connectivity index (χ0) is 29.2. The van der Waals surface area contributed by atoms with Gasteiger partial charge in [0.15, 0.2) is 23.2 Å². The van der Waals surface area contributed by atoms with E-state index < -0.39 is 23.3 Å². The van der Waals surface area contributed by atoms with Gasteiger partial charge < -0.3 is 9.47 Å². The molecule has 4 rings (SSSR count). The number of aryl methyl sites for hydroxylation is 1. The Morgan fingerprint density at radius 3 is 1.95 bits per heavy atom. The Morgan fingerprint density at radius 2 is 1.32 bits per heavy atom. The molecule has 1 saturated heterocycles. The van der Waals surface area contributed by atoms with E-state index in [0.717, 1.165) is 19.4 Å². The molecule has 1 fully saturated rings. The second-order valence-electron chi connectivity index (χ2n) is 11.1. The van der Waals surface area contributed by atoms with Crippen molar-refractivity contribution in [3.05, 3.63) is 77.4 Å². The summed E-state index contributed by atoms with van der Waals surface area (Å²) >= 11 is 0. The average Bonchev–Trinajstić information content (AvgIpc) is 2.99. The van der Waals surface area contributed by atoms with Gasteiger partial charge in [-0.15, -0.1) is 0 Å². The third-order valence-corrected chi connectivity index (χ3v) is 8.18. The van der Waals surface area contributed by atoms with E-state index in [-0.39, 0.29) is 29.6 Å². The number of rotatable bonds is 14. The van der Waals surface area contributed by atoms with E-state index in [2.05, 4.69) is 6.92 Å². The van der Waals surface area contributed by atoms with Gasteiger partial charge in [-0.2, -0.15) is 4.39 Å². The minimum Gasteiger partial charge on any atom is -0.491 e. The maximum Gasteiger partial charge on any atom is 0.201 e. The van der Waals surface area contributed by atoms with E-state index in [4.69, 9.17) is 9.47 Å². The van der Waals surface area contributed by atoms with Crippen molar-refractivity contribution in [2.24, 2.45) is 5.92 Å². The van der Waals surface area contributed by atoms with Crippen molar-refractivity contribution in [1.29, 1.82) is 0 Å². The first-order valence-electron chi connectivity index (χ1n) is 15.2. The molecule has 0 aromatic heterocycles. The van der Waals surface area contributed by atoms with Crippen LogP contribution in [-0.2, 0) is 11.2 Å². The highest BCUT2D eigenvalue weighted by molar-refractivity contribution is 5.71. The fraction of sp³-hybridized carbons (Fsp3) is 0.486. The van der Waals surface area contributed by atoms with Crippen LogP contribution in [0, 0.1) is 29.2 Å². The van der Waals surface area contributed by atoms with Gasteiger partial charge in [0, 0.05) is 17.7 Å². The maximum atomic E-state index is 15.1. The second-order valence-corrected chi connectivity index (χ2v) is 11.1. The highest BCUT2D eigenvalue weighted by atomic mass is 19.2. The van der Waals surface area contributed by atoms with Crippen LogP contribution in [0.4, 0.5) is 17.6 Å². The van der Waals surface area contributed by atoms with Crippen molar-refractivity contribution >= 4 is 0 Å². The molecular formula is C35H42F4O2. The number of ether oxygens (including phenoxy) is 2. The minimum atomic E-state index is -1.05. The van der Waals surface area contributed by atoms with Gasteiger partial charge in [0.1, 0.15) is 0 Å². The summed E-state index contributed by atoms with van der Waals surface area (Å²) in [5.74, 6) is -3.35. The van der Waals surface area contributed by atoms with E-state index in [1.165, 1.54) is 57.1 Å². The number of unbranched alkanes of at least 4 members (excludes halogenated alkanes) is 5. The highest BCUT2D eigenvalue weighted by Crippen LogP contribution is 2.33. The normalized spacial score (nSPS) is 17.1. The van der Waals surface area contributed by atoms with Crippen LogP contribution >= 0.6 is 0 Å². The number of hydrogen-bond acceptors (Lipinski definition) is 2. The first-order chi connectivity index (χ1) is 19.9. The number of halogens is 4. The topological polar surface area (TPSA) is 18.5 Å². The molecule has 0 bridgehead atoms. The van der Waals surface area contributed by atoms with Gasteiger partial charge in [0.2, 0.25) is 5.82 Å². The fourth-order valence-corrected chi connectivity index (χ4v) is 5.70. The summed E-state index contributed by atoms with van der Waals surface area (Å²) in [6.07, 6.45) is 12.3. The molecule has 3 aromatic rings. The van der Waals surface area contributed by atoms with E-state index in [1.807, 2.05) is 0 Å². The molecule has 1 heterocycles. The van der Waals surface area contributed by atoms with Crippen molar-refractivity contribution < 1.29 is 27.0 Å². The molecule has 0 spiro atoms. The molecule has 1 aliphatic heterocycles. The predicted molar refractivity (Wildman–Crippen MR) is 157 cm³/mol. The molecule has 2 nitrogen and oxygen atoms in total. The molecule has 6 heteroatoms. The van der Waals surface area contributed by atoms with E-state index in [1.54, 1.807) is 43.3 Å². The van der Waals surface area contributed by atoms with Crippen LogP contribution in [0.3, 0.4) is 0 Å². The summed E-state index contributed by atoms with van der Waals surface area (Å²) in [5, 5.41) is 0.